The van der Waals surface area contributed by atoms with Crippen molar-refractivity contribution >= 4 is 54.4 Å². The molecule has 0 aliphatic heterocycles. The molecule has 90 heavy (non-hydrogen) atoms. The fourth-order valence-corrected chi connectivity index (χ4v) is 7.61. The molecule has 0 spiro atoms. The summed E-state index contributed by atoms with van der Waals surface area (Å²) in [5.41, 5.74) is 5.46. The highest BCUT2D eigenvalue weighted by Crippen LogP contribution is 2.19. The summed E-state index contributed by atoms with van der Waals surface area (Å²) in [5.74, 6) is -1.17. The molecular formula is C61H82ClN14O14-. The average Bonchev–Trinajstić information content (AvgIpc) is 3.36. The number of unbranched alkanes of at least 4 members (excludes halogenated alkanes) is 2. The molecule has 0 unspecified atom stereocenters. The van der Waals surface area contributed by atoms with E-state index in [-0.39, 0.29) is 83.5 Å². The molecule has 488 valence electrons. The third-order valence-electron chi connectivity index (χ3n) is 12.3. The van der Waals surface area contributed by atoms with Crippen LogP contribution in [0.4, 0.5) is 9.59 Å². The van der Waals surface area contributed by atoms with Crippen LogP contribution in [0.2, 0.25) is 0 Å². The van der Waals surface area contributed by atoms with Gasteiger partial charge in [0.05, 0.1) is 69.4 Å². The maximum absolute atomic E-state index is 13.3. The Hall–Kier alpha value is -9.12. The van der Waals surface area contributed by atoms with E-state index in [1.165, 1.54) is 23.2 Å². The molecule has 0 aliphatic carbocycles. The minimum absolute atomic E-state index is 0. The van der Waals surface area contributed by atoms with Gasteiger partial charge in [0.25, 0.3) is 0 Å². The van der Waals surface area contributed by atoms with Crippen molar-refractivity contribution in [2.45, 2.75) is 129 Å². The van der Waals surface area contributed by atoms with Crippen LogP contribution in [0.3, 0.4) is 0 Å². The molecule has 2 aromatic heterocycles. The third kappa shape index (κ3) is 27.9. The fourth-order valence-electron chi connectivity index (χ4n) is 7.61. The zero-order valence-electron chi connectivity index (χ0n) is 51.7. The molecule has 6 N–H and O–H groups in total. The smallest absolute Gasteiger partial charge is 0.407 e. The van der Waals surface area contributed by atoms with Crippen molar-refractivity contribution in [2.75, 3.05) is 52.7 Å². The number of ether oxygens (including phenoxy) is 7. The van der Waals surface area contributed by atoms with Crippen LogP contribution >= 0.6 is 12.4 Å². The molecule has 6 aromatic rings. The largest absolute Gasteiger partial charge is 0.595 e. The van der Waals surface area contributed by atoms with Gasteiger partial charge in [0.2, 0.25) is 11.8 Å². The number of benzene rings is 4. The van der Waals surface area contributed by atoms with Gasteiger partial charge >= 0.3 is 24.1 Å². The van der Waals surface area contributed by atoms with Crippen LogP contribution in [-0.2, 0) is 69.1 Å². The summed E-state index contributed by atoms with van der Waals surface area (Å²) in [6.07, 6.45) is 0.242. The van der Waals surface area contributed by atoms with E-state index < -0.39 is 64.8 Å². The van der Waals surface area contributed by atoms with Gasteiger partial charge in [0.15, 0.2) is 11.6 Å². The molecule has 0 fully saturated rings. The predicted molar refractivity (Wildman–Crippen MR) is 328 cm³/mol. The Morgan fingerprint density at radius 1 is 0.544 bits per heavy atom. The maximum Gasteiger partial charge on any atom is 0.407 e. The maximum atomic E-state index is 13.3. The van der Waals surface area contributed by atoms with Crippen molar-refractivity contribution in [1.82, 2.24) is 61.7 Å². The first-order chi connectivity index (χ1) is 42.6. The summed E-state index contributed by atoms with van der Waals surface area (Å²) in [6.45, 7) is 13.3. The van der Waals surface area contributed by atoms with Crippen LogP contribution in [0, 0.1) is 0 Å². The molecule has 0 radical (unpaired) electrons. The summed E-state index contributed by atoms with van der Waals surface area (Å²) in [6, 6.07) is 35.0. The molecule has 4 amide bonds. The number of aromatic nitrogens is 8. The highest BCUT2D eigenvalue weighted by atomic mass is 35.5. The Kier molecular flexibility index (Phi) is 31.2. The van der Waals surface area contributed by atoms with Gasteiger partial charge in [0, 0.05) is 18.7 Å². The monoisotopic (exact) mass is 1270 g/mol. The SMILES string of the molecule is CC(C)(C)OC([O-])=NC(C)(C)C(=O)N[C@H](COCc1ccccc1)c1nnnn1CCOC(=O)NCCCCOC(=O)c1ccccc1.CC(C)(N)C(=O)N[C@H](COCc1ccccc1)c1nnnn1CCOC(=O)NCCCCOC(=O)c1ccccc1.Cl. The Bertz CT molecular complexity index is 3130. The number of hydrogen-bond acceptors (Lipinski definition) is 22. The normalized spacial score (nSPS) is 12.1. The number of esters is 2. The van der Waals surface area contributed by atoms with Crippen molar-refractivity contribution in [3.05, 3.63) is 155 Å². The lowest BCUT2D eigenvalue weighted by Gasteiger charge is -2.32. The number of tetrazole rings is 2. The lowest BCUT2D eigenvalue weighted by Crippen LogP contribution is -2.51. The number of aliphatic imine (C=N–C) groups is 1. The van der Waals surface area contributed by atoms with Gasteiger partial charge < -0.3 is 65.3 Å². The molecule has 2 atom stereocenters. The van der Waals surface area contributed by atoms with E-state index in [4.69, 9.17) is 38.9 Å². The number of alkyl carbamates (subject to hydrolysis) is 2. The van der Waals surface area contributed by atoms with E-state index in [1.807, 2.05) is 72.8 Å². The van der Waals surface area contributed by atoms with Crippen molar-refractivity contribution in [3.8, 4) is 0 Å². The lowest BCUT2D eigenvalue weighted by molar-refractivity contribution is -0.261. The van der Waals surface area contributed by atoms with Gasteiger partial charge in [-0.3, -0.25) is 14.6 Å². The first-order valence-electron chi connectivity index (χ1n) is 29.0. The number of halogens is 1. The number of nitrogens with one attached hydrogen (secondary N) is 4. The number of nitrogens with zero attached hydrogens (tertiary/aromatic N) is 9. The van der Waals surface area contributed by atoms with Gasteiger partial charge in [-0.2, -0.15) is 0 Å². The van der Waals surface area contributed by atoms with Gasteiger partial charge in [0.1, 0.15) is 36.9 Å². The molecule has 0 aliphatic rings. The summed E-state index contributed by atoms with van der Waals surface area (Å²) < 4.78 is 40.8. The fraction of sp³-hybridized carbons (Fsp3) is 0.459. The highest BCUT2D eigenvalue weighted by molar-refractivity contribution is 5.90. The molecule has 28 nitrogen and oxygen atoms in total. The summed E-state index contributed by atoms with van der Waals surface area (Å²) in [5, 5.41) is 46.9. The van der Waals surface area contributed by atoms with Crippen LogP contribution in [0.5, 0.6) is 0 Å². The van der Waals surface area contributed by atoms with Crippen LogP contribution in [-0.4, -0.2) is 152 Å². The van der Waals surface area contributed by atoms with Gasteiger partial charge in [-0.1, -0.05) is 118 Å². The van der Waals surface area contributed by atoms with Gasteiger partial charge in [-0.15, -0.1) is 22.6 Å². The first kappa shape index (κ1) is 73.4. The van der Waals surface area contributed by atoms with Crippen molar-refractivity contribution in [3.63, 3.8) is 0 Å². The van der Waals surface area contributed by atoms with Crippen molar-refractivity contribution < 1.29 is 67.0 Å². The molecule has 0 bridgehead atoms. The molecule has 0 saturated carbocycles. The highest BCUT2D eigenvalue weighted by Gasteiger charge is 2.32. The standard InChI is InChI=1S/C33H45N7O8.C28H37N7O6.ClH/c1-32(2,3)48-31(44)36-33(4,5)29(42)35-26(23-45-22-24-14-8-6-9-15-24)27-37-38-39-40(27)19-21-47-30(43)34-18-12-13-20-46-28(41)25-16-10-7-11-17-25;1-28(2,29)26(37)31-23(20-39-19-21-11-5-3-6-12-21)24-32-33-34-35(24)16-18-41-27(38)30-15-9-10-17-40-25(36)22-13-7-4-8-14-22;/h6-11,14-17,26H,12-13,18-23H2,1-5H3,(H,34,43)(H,35,42)(H,36,44);3-8,11-14,23H,9-10,15-20,29H2,1-2H3,(H,30,38)(H,31,37);1H/p-1/t26-;23-;/m11./s1. The van der Waals surface area contributed by atoms with E-state index in [2.05, 4.69) is 57.3 Å². The van der Waals surface area contributed by atoms with E-state index in [0.29, 0.717) is 62.3 Å². The van der Waals surface area contributed by atoms with E-state index in [9.17, 15) is 33.9 Å². The van der Waals surface area contributed by atoms with Gasteiger partial charge in [-0.25, -0.2) is 28.5 Å². The Balaban J connectivity index is 0.000000385. The Labute approximate surface area is 529 Å². The van der Waals surface area contributed by atoms with E-state index in [1.54, 1.807) is 83.1 Å². The number of amides is 4. The molecule has 6 rings (SSSR count). The quantitative estimate of drug-likeness (QED) is 0.0115. The number of rotatable bonds is 33. The van der Waals surface area contributed by atoms with Crippen molar-refractivity contribution in [2.24, 2.45) is 10.7 Å². The summed E-state index contributed by atoms with van der Waals surface area (Å²) in [7, 11) is 0. The molecule has 29 heteroatoms. The second kappa shape index (κ2) is 38.3. The summed E-state index contributed by atoms with van der Waals surface area (Å²) in [4.78, 5) is 78.1. The Morgan fingerprint density at radius 3 is 1.32 bits per heavy atom. The van der Waals surface area contributed by atoms with Crippen LogP contribution < -0.4 is 32.1 Å². The minimum Gasteiger partial charge on any atom is -0.595 e. The number of carbonyl (C=O) groups excluding carboxylic acids is 6. The van der Waals surface area contributed by atoms with Crippen LogP contribution in [0.1, 0.15) is 130 Å². The summed E-state index contributed by atoms with van der Waals surface area (Å²) >= 11 is 0. The molecule has 4 aromatic carbocycles. The number of carbonyl (C=O) groups is 6. The second-order valence-corrected chi connectivity index (χ2v) is 22.0. The van der Waals surface area contributed by atoms with Gasteiger partial charge in [-0.05, 0) is 110 Å². The average molecular weight is 1270 g/mol. The topological polar surface area (TPSA) is 364 Å². The lowest BCUT2D eigenvalue weighted by atomic mass is 10.1. The molecule has 2 heterocycles. The molecular weight excluding hydrogens is 1190 g/mol. The third-order valence-corrected chi connectivity index (χ3v) is 12.3. The van der Waals surface area contributed by atoms with Crippen LogP contribution in [0.15, 0.2) is 126 Å². The predicted octanol–water partition coefficient (Wildman–Crippen LogP) is 5.29. The second-order valence-electron chi connectivity index (χ2n) is 22.0. The first-order valence-corrected chi connectivity index (χ1v) is 29.0. The van der Waals surface area contributed by atoms with E-state index in [0.717, 1.165) is 11.1 Å². The minimum atomic E-state index is -1.48. The number of hydrogen-bond donors (Lipinski definition) is 5. The zero-order chi connectivity index (χ0) is 64.5. The zero-order valence-corrected chi connectivity index (χ0v) is 52.6. The van der Waals surface area contributed by atoms with Crippen molar-refractivity contribution in [1.29, 1.82) is 0 Å². The number of nitrogens with two attached hydrogens (primary N) is 1. The molecule has 0 saturated heterocycles. The Morgan fingerprint density at radius 2 is 0.933 bits per heavy atom. The van der Waals surface area contributed by atoms with Crippen LogP contribution in [0.25, 0.3) is 0 Å². The van der Waals surface area contributed by atoms with E-state index >= 15 is 0 Å².